The molecule has 0 rings (SSSR count). The first-order chi connectivity index (χ1) is 10.3. The van der Waals surface area contributed by atoms with Gasteiger partial charge in [0.05, 0.1) is 5.28 Å². The Balaban J connectivity index is -0.00000220. The van der Waals surface area contributed by atoms with Crippen LogP contribution in [-0.2, 0) is 9.36 Å². The molecule has 0 bridgehead atoms. The molecule has 0 saturated heterocycles. The molecule has 0 aliphatic heterocycles. The van der Waals surface area contributed by atoms with Gasteiger partial charge in [0.25, 0.3) is 0 Å². The fourth-order valence-electron chi connectivity index (χ4n) is 2.31. The van der Waals surface area contributed by atoms with Crippen LogP contribution in [0.5, 0.6) is 0 Å². The fourth-order valence-corrected chi connectivity index (χ4v) is 2.96. The third-order valence-corrected chi connectivity index (χ3v) is 5.85. The molecule has 0 aliphatic rings. The Kier molecular flexibility index (Phi) is 21.2. The van der Waals surface area contributed by atoms with Crippen molar-refractivity contribution in [2.45, 2.75) is 96.7 Å². The molecule has 1 amide bonds. The molecule has 0 aromatic carbocycles. The van der Waals surface area contributed by atoms with Gasteiger partial charge in [-0.05, 0) is 27.4 Å². The van der Waals surface area contributed by atoms with Gasteiger partial charge in [-0.2, -0.15) is 0 Å². The van der Waals surface area contributed by atoms with Gasteiger partial charge in [-0.1, -0.05) is 65.2 Å². The van der Waals surface area contributed by atoms with Crippen molar-refractivity contribution < 1.29 is 78.3 Å². The molecular weight excluding hydrogens is 347 g/mol. The first kappa shape index (κ1) is 30.4. The van der Waals surface area contributed by atoms with Crippen molar-refractivity contribution in [3.8, 4) is 0 Å². The number of rotatable bonds is 13. The van der Waals surface area contributed by atoms with Crippen LogP contribution in [0.4, 0.5) is 0 Å². The van der Waals surface area contributed by atoms with Crippen molar-refractivity contribution in [1.82, 2.24) is 5.32 Å². The molecule has 8 heteroatoms. The summed E-state index contributed by atoms with van der Waals surface area (Å²) in [6, 6.07) is 0. The summed E-state index contributed by atoms with van der Waals surface area (Å²) in [5.41, 5.74) is 0. The summed E-state index contributed by atoms with van der Waals surface area (Å²) in [7, 11) is -4.84. The van der Waals surface area contributed by atoms with E-state index in [1.165, 1.54) is 45.4 Å². The maximum absolute atomic E-state index is 11.8. The maximum atomic E-state index is 11.8. The predicted molar refractivity (Wildman–Crippen MR) is 86.3 cm³/mol. The largest absolute Gasteiger partial charge is 1.00 e. The van der Waals surface area contributed by atoms with E-state index in [2.05, 4.69) is 12.2 Å². The standard InChI is InChI=1S/C16H34NO4P.2Na/c1-4-6-7-8-9-10-11-12-13-14-15(18)17-16(3,5-2)22(19,20)21;;/h4-14H2,1-3H3,(H,17,18)(H2,19,20,21);;/q;2*+1/p-2. The van der Waals surface area contributed by atoms with Crippen LogP contribution in [0.2, 0.25) is 0 Å². The minimum absolute atomic E-state index is 0. The van der Waals surface area contributed by atoms with E-state index in [0.717, 1.165) is 19.3 Å². The number of amides is 1. The van der Waals surface area contributed by atoms with E-state index in [-0.39, 0.29) is 77.9 Å². The molecule has 0 aromatic rings. The average Bonchev–Trinajstić information content (AvgIpc) is 2.44. The quantitative estimate of drug-likeness (QED) is 0.211. The third kappa shape index (κ3) is 13.8. The number of hydrogen-bond donors (Lipinski definition) is 1. The smallest absolute Gasteiger partial charge is 0.809 e. The van der Waals surface area contributed by atoms with Crippen LogP contribution in [0.1, 0.15) is 91.4 Å². The predicted octanol–water partition coefficient (Wildman–Crippen LogP) is -2.93. The zero-order valence-electron chi connectivity index (χ0n) is 16.4. The van der Waals surface area contributed by atoms with Crippen LogP contribution in [-0.4, -0.2) is 11.2 Å². The van der Waals surface area contributed by atoms with Crippen molar-refractivity contribution in [1.29, 1.82) is 0 Å². The third-order valence-electron chi connectivity index (χ3n) is 4.21. The second-order valence-electron chi connectivity index (χ2n) is 6.25. The summed E-state index contributed by atoms with van der Waals surface area (Å²) in [5, 5.41) is 0.718. The molecule has 132 valence electrons. The van der Waals surface area contributed by atoms with Gasteiger partial charge in [0.1, 0.15) is 0 Å². The van der Waals surface area contributed by atoms with Gasteiger partial charge in [-0.3, -0.25) is 4.79 Å². The van der Waals surface area contributed by atoms with Crippen molar-refractivity contribution in [2.75, 3.05) is 0 Å². The van der Waals surface area contributed by atoms with Crippen LogP contribution in [0.3, 0.4) is 0 Å². The van der Waals surface area contributed by atoms with Crippen LogP contribution < -0.4 is 74.2 Å². The van der Waals surface area contributed by atoms with E-state index in [1.807, 2.05) is 0 Å². The molecule has 0 fully saturated rings. The normalized spacial score (nSPS) is 13.4. The molecule has 1 unspecified atom stereocenters. The Morgan fingerprint density at radius 2 is 1.33 bits per heavy atom. The minimum Gasteiger partial charge on any atom is -0.809 e. The van der Waals surface area contributed by atoms with Gasteiger partial charge < -0.3 is 19.7 Å². The van der Waals surface area contributed by atoms with Gasteiger partial charge in [0.2, 0.25) is 5.91 Å². The van der Waals surface area contributed by atoms with Crippen molar-refractivity contribution in [2.24, 2.45) is 0 Å². The van der Waals surface area contributed by atoms with Gasteiger partial charge in [0, 0.05) is 6.42 Å². The van der Waals surface area contributed by atoms with E-state index < -0.39 is 12.9 Å². The Morgan fingerprint density at radius 3 is 1.71 bits per heavy atom. The van der Waals surface area contributed by atoms with Gasteiger partial charge in [-0.15, -0.1) is 0 Å². The molecule has 5 nitrogen and oxygen atoms in total. The molecule has 1 N–H and O–H groups in total. The summed E-state index contributed by atoms with van der Waals surface area (Å²) in [6.07, 6.45) is 10.8. The van der Waals surface area contributed by atoms with E-state index in [0.29, 0.717) is 0 Å². The summed E-state index contributed by atoms with van der Waals surface area (Å²) < 4.78 is 11.2. The minimum atomic E-state index is -4.84. The van der Waals surface area contributed by atoms with Gasteiger partial charge in [-0.25, -0.2) is 0 Å². The summed E-state index contributed by atoms with van der Waals surface area (Å²) in [5.74, 6) is -0.348. The SMILES string of the molecule is CCCCCCCCCCCC(=O)NC(C)(CC)P(=O)([O-])[O-].[Na+].[Na+]. The molecule has 0 aromatic heterocycles. The Bertz CT molecular complexity index is 366. The number of carbonyl (C=O) groups excluding carboxylic acids is 1. The molecule has 0 radical (unpaired) electrons. The average molecular weight is 379 g/mol. The monoisotopic (exact) mass is 379 g/mol. The van der Waals surface area contributed by atoms with Crippen molar-refractivity contribution in [3.05, 3.63) is 0 Å². The number of carbonyl (C=O) groups is 1. The van der Waals surface area contributed by atoms with Gasteiger partial charge in [0.15, 0.2) is 0 Å². The maximum Gasteiger partial charge on any atom is 1.00 e. The second kappa shape index (κ2) is 16.8. The second-order valence-corrected chi connectivity index (χ2v) is 8.23. The van der Waals surface area contributed by atoms with E-state index in [9.17, 15) is 19.1 Å². The van der Waals surface area contributed by atoms with Crippen LogP contribution in [0.15, 0.2) is 0 Å². The van der Waals surface area contributed by atoms with E-state index in [4.69, 9.17) is 0 Å². The zero-order valence-corrected chi connectivity index (χ0v) is 21.3. The first-order valence-electron chi connectivity index (χ1n) is 8.60. The molecule has 24 heavy (non-hydrogen) atoms. The zero-order chi connectivity index (χ0) is 17.1. The Morgan fingerprint density at radius 1 is 0.917 bits per heavy atom. The molecule has 0 aliphatic carbocycles. The number of nitrogens with one attached hydrogen (secondary N) is 1. The van der Waals surface area contributed by atoms with E-state index in [1.54, 1.807) is 6.92 Å². The van der Waals surface area contributed by atoms with E-state index >= 15 is 0 Å². The molecule has 1 atom stereocenters. The summed E-state index contributed by atoms with van der Waals surface area (Å²) >= 11 is 0. The van der Waals surface area contributed by atoms with Crippen LogP contribution in [0, 0.1) is 0 Å². The Hall–Kier alpha value is 1.62. The topological polar surface area (TPSA) is 92.3 Å². The van der Waals surface area contributed by atoms with Crippen molar-refractivity contribution in [3.63, 3.8) is 0 Å². The molecule has 0 saturated carbocycles. The first-order valence-corrected chi connectivity index (χ1v) is 10.1. The summed E-state index contributed by atoms with van der Waals surface area (Å²) in [6.45, 7) is 5.07. The number of unbranched alkanes of at least 4 members (excludes halogenated alkanes) is 8. The fraction of sp³-hybridized carbons (Fsp3) is 0.938. The molecule has 0 spiro atoms. The van der Waals surface area contributed by atoms with Crippen LogP contribution in [0.25, 0.3) is 0 Å². The number of hydrogen-bond acceptors (Lipinski definition) is 4. The summed E-state index contributed by atoms with van der Waals surface area (Å²) in [4.78, 5) is 34.2. The molecule has 0 heterocycles. The van der Waals surface area contributed by atoms with Crippen molar-refractivity contribution >= 4 is 13.5 Å². The van der Waals surface area contributed by atoms with Gasteiger partial charge >= 0.3 is 59.1 Å². The molecular formula is C16H32NNa2O4P. The van der Waals surface area contributed by atoms with Crippen LogP contribution >= 0.6 is 7.60 Å². The Labute approximate surface area is 192 Å².